The number of rotatable bonds is 3. The fourth-order valence-electron chi connectivity index (χ4n) is 2.76. The van der Waals surface area contributed by atoms with Crippen LogP contribution in [0.4, 0.5) is 0 Å². The van der Waals surface area contributed by atoms with Gasteiger partial charge in [0.2, 0.25) is 0 Å². The lowest BCUT2D eigenvalue weighted by Crippen LogP contribution is -2.54. The van der Waals surface area contributed by atoms with Crippen LogP contribution in [0, 0.1) is 0 Å². The van der Waals surface area contributed by atoms with Crippen molar-refractivity contribution in [1.82, 2.24) is 15.2 Å². The third-order valence-corrected chi connectivity index (χ3v) is 3.88. The third kappa shape index (κ3) is 3.15. The van der Waals surface area contributed by atoms with Gasteiger partial charge in [0, 0.05) is 19.3 Å². The summed E-state index contributed by atoms with van der Waals surface area (Å²) in [5.74, 6) is -0.487. The molecule has 1 amide bonds. The van der Waals surface area contributed by atoms with E-state index in [2.05, 4.69) is 15.2 Å². The van der Waals surface area contributed by atoms with Crippen LogP contribution in [-0.2, 0) is 9.47 Å². The minimum Gasteiger partial charge on any atom is -0.505 e. The Balaban J connectivity index is 1.66. The molecule has 0 aromatic carbocycles. The molecule has 0 unspecified atom stereocenters. The predicted molar refractivity (Wildman–Crippen MR) is 74.2 cm³/mol. The summed E-state index contributed by atoms with van der Waals surface area (Å²) in [6.07, 6.45) is 1.49. The average Bonchev–Trinajstić information content (AvgIpc) is 2.96. The van der Waals surface area contributed by atoms with Crippen molar-refractivity contribution in [3.8, 4) is 5.75 Å². The standard InChI is InChI=1S/C14H19N3O4/c18-12-2-1-3-15-13(12)14(19)16-10-8-21-9-11(10)17-4-6-20-7-5-17/h1-3,10-11,18H,4-9H2,(H,16,19)/t10-,11-/m1/s1. The number of nitrogens with zero attached hydrogens (tertiary/aromatic N) is 2. The molecule has 3 rings (SSSR count). The van der Waals surface area contributed by atoms with E-state index in [0.717, 1.165) is 13.1 Å². The van der Waals surface area contributed by atoms with Crippen molar-refractivity contribution in [2.24, 2.45) is 0 Å². The lowest BCUT2D eigenvalue weighted by atomic mass is 10.1. The number of aromatic nitrogens is 1. The number of amides is 1. The SMILES string of the molecule is O=C(N[C@@H]1COC[C@H]1N1CCOCC1)c1ncccc1O. The van der Waals surface area contributed by atoms with Crippen LogP contribution in [0.5, 0.6) is 5.75 Å². The van der Waals surface area contributed by atoms with Crippen molar-refractivity contribution in [3.05, 3.63) is 24.0 Å². The highest BCUT2D eigenvalue weighted by atomic mass is 16.5. The molecule has 7 nitrogen and oxygen atoms in total. The average molecular weight is 293 g/mol. The Hall–Kier alpha value is -1.70. The molecule has 2 saturated heterocycles. The molecule has 2 atom stereocenters. The molecular formula is C14H19N3O4. The highest BCUT2D eigenvalue weighted by Gasteiger charge is 2.35. The molecule has 1 aromatic heterocycles. The second kappa shape index (κ2) is 6.38. The second-order valence-corrected chi connectivity index (χ2v) is 5.20. The third-order valence-electron chi connectivity index (χ3n) is 3.88. The maximum atomic E-state index is 12.2. The number of ether oxygens (including phenoxy) is 2. The summed E-state index contributed by atoms with van der Waals surface area (Å²) in [5, 5.41) is 12.6. The van der Waals surface area contributed by atoms with Crippen molar-refractivity contribution in [3.63, 3.8) is 0 Å². The van der Waals surface area contributed by atoms with Crippen molar-refractivity contribution in [1.29, 1.82) is 0 Å². The van der Waals surface area contributed by atoms with Gasteiger partial charge in [0.25, 0.3) is 5.91 Å². The molecular weight excluding hydrogens is 274 g/mol. The van der Waals surface area contributed by atoms with Gasteiger partial charge >= 0.3 is 0 Å². The summed E-state index contributed by atoms with van der Waals surface area (Å²) in [5.41, 5.74) is 0.0464. The summed E-state index contributed by atoms with van der Waals surface area (Å²) >= 11 is 0. The highest BCUT2D eigenvalue weighted by Crippen LogP contribution is 2.17. The number of carbonyl (C=O) groups excluding carboxylic acids is 1. The number of nitrogens with one attached hydrogen (secondary N) is 1. The van der Waals surface area contributed by atoms with Gasteiger partial charge in [-0.1, -0.05) is 0 Å². The van der Waals surface area contributed by atoms with Crippen LogP contribution in [0.15, 0.2) is 18.3 Å². The van der Waals surface area contributed by atoms with Gasteiger partial charge in [-0.3, -0.25) is 9.69 Å². The number of pyridine rings is 1. The molecule has 0 radical (unpaired) electrons. The van der Waals surface area contributed by atoms with E-state index >= 15 is 0 Å². The molecule has 2 aliphatic rings. The Morgan fingerprint density at radius 2 is 2.14 bits per heavy atom. The number of hydrogen-bond acceptors (Lipinski definition) is 6. The Bertz CT molecular complexity index is 505. The lowest BCUT2D eigenvalue weighted by molar-refractivity contribution is 0.0108. The van der Waals surface area contributed by atoms with Crippen LogP contribution in [0.2, 0.25) is 0 Å². The fraction of sp³-hybridized carbons (Fsp3) is 0.571. The minimum absolute atomic E-state index is 0.0464. The molecule has 2 fully saturated rings. The first-order valence-electron chi connectivity index (χ1n) is 7.10. The summed E-state index contributed by atoms with van der Waals surface area (Å²) in [7, 11) is 0. The van der Waals surface area contributed by atoms with Gasteiger partial charge in [-0.15, -0.1) is 0 Å². The van der Waals surface area contributed by atoms with Crippen LogP contribution >= 0.6 is 0 Å². The quantitative estimate of drug-likeness (QED) is 0.790. The van der Waals surface area contributed by atoms with Crippen LogP contribution in [0.25, 0.3) is 0 Å². The molecule has 21 heavy (non-hydrogen) atoms. The molecule has 3 heterocycles. The van der Waals surface area contributed by atoms with E-state index in [1.807, 2.05) is 0 Å². The zero-order valence-corrected chi connectivity index (χ0v) is 11.7. The number of carbonyl (C=O) groups is 1. The first kappa shape index (κ1) is 14.2. The zero-order valence-electron chi connectivity index (χ0n) is 11.7. The van der Waals surface area contributed by atoms with E-state index in [4.69, 9.17) is 9.47 Å². The van der Waals surface area contributed by atoms with Gasteiger partial charge < -0.3 is 19.9 Å². The smallest absolute Gasteiger partial charge is 0.274 e. The van der Waals surface area contributed by atoms with Gasteiger partial charge in [-0.2, -0.15) is 0 Å². The van der Waals surface area contributed by atoms with Gasteiger partial charge in [-0.25, -0.2) is 4.98 Å². The van der Waals surface area contributed by atoms with Crippen molar-refractivity contribution < 1.29 is 19.4 Å². The van der Waals surface area contributed by atoms with Crippen LogP contribution in [0.1, 0.15) is 10.5 Å². The van der Waals surface area contributed by atoms with E-state index in [0.29, 0.717) is 26.4 Å². The zero-order chi connectivity index (χ0) is 14.7. The molecule has 0 bridgehead atoms. The topological polar surface area (TPSA) is 83.9 Å². The van der Waals surface area contributed by atoms with Crippen molar-refractivity contribution >= 4 is 5.91 Å². The molecule has 0 aliphatic carbocycles. The van der Waals surface area contributed by atoms with Crippen LogP contribution in [0.3, 0.4) is 0 Å². The van der Waals surface area contributed by atoms with Crippen molar-refractivity contribution in [2.75, 3.05) is 39.5 Å². The maximum Gasteiger partial charge on any atom is 0.274 e. The lowest BCUT2D eigenvalue weighted by Gasteiger charge is -2.34. The molecule has 0 spiro atoms. The number of morpholine rings is 1. The fourth-order valence-corrected chi connectivity index (χ4v) is 2.76. The van der Waals surface area contributed by atoms with Gasteiger partial charge in [0.05, 0.1) is 38.5 Å². The van der Waals surface area contributed by atoms with Crippen LogP contribution in [-0.4, -0.2) is 72.5 Å². The summed E-state index contributed by atoms with van der Waals surface area (Å²) in [6.45, 7) is 4.17. The molecule has 0 saturated carbocycles. The molecule has 1 aromatic rings. The van der Waals surface area contributed by atoms with E-state index in [1.165, 1.54) is 12.3 Å². The van der Waals surface area contributed by atoms with Gasteiger partial charge in [0.1, 0.15) is 5.75 Å². The summed E-state index contributed by atoms with van der Waals surface area (Å²) < 4.78 is 10.9. The Morgan fingerprint density at radius 3 is 2.90 bits per heavy atom. The van der Waals surface area contributed by atoms with Crippen molar-refractivity contribution in [2.45, 2.75) is 12.1 Å². The second-order valence-electron chi connectivity index (χ2n) is 5.20. The largest absolute Gasteiger partial charge is 0.505 e. The van der Waals surface area contributed by atoms with E-state index in [1.54, 1.807) is 6.07 Å². The Kier molecular flexibility index (Phi) is 4.33. The first-order chi connectivity index (χ1) is 10.3. The Morgan fingerprint density at radius 1 is 1.33 bits per heavy atom. The van der Waals surface area contributed by atoms with Gasteiger partial charge in [-0.05, 0) is 12.1 Å². The summed E-state index contributed by atoms with van der Waals surface area (Å²) in [6, 6.07) is 3.08. The molecule has 114 valence electrons. The summed E-state index contributed by atoms with van der Waals surface area (Å²) in [4.78, 5) is 18.4. The molecule has 2 N–H and O–H groups in total. The number of aromatic hydroxyl groups is 1. The molecule has 7 heteroatoms. The normalized spacial score (nSPS) is 26.7. The number of hydrogen-bond donors (Lipinski definition) is 2. The van der Waals surface area contributed by atoms with E-state index < -0.39 is 0 Å². The monoisotopic (exact) mass is 293 g/mol. The van der Waals surface area contributed by atoms with E-state index in [-0.39, 0.29) is 29.4 Å². The van der Waals surface area contributed by atoms with E-state index in [9.17, 15) is 9.90 Å². The molecule has 2 aliphatic heterocycles. The highest BCUT2D eigenvalue weighted by molar-refractivity contribution is 5.95. The first-order valence-corrected chi connectivity index (χ1v) is 7.10. The van der Waals surface area contributed by atoms with Crippen LogP contribution < -0.4 is 5.32 Å². The Labute approximate surface area is 122 Å². The maximum absolute atomic E-state index is 12.2. The van der Waals surface area contributed by atoms with Gasteiger partial charge in [0.15, 0.2) is 5.69 Å². The minimum atomic E-state index is -0.373. The predicted octanol–water partition coefficient (Wildman–Crippen LogP) is -0.383.